The predicted octanol–water partition coefficient (Wildman–Crippen LogP) is 2.76. The van der Waals surface area contributed by atoms with Crippen LogP contribution in [-0.2, 0) is 6.54 Å². The van der Waals surface area contributed by atoms with E-state index in [0.29, 0.717) is 0 Å². The molecule has 1 unspecified atom stereocenters. The maximum Gasteiger partial charge on any atom is 0.133 e. The van der Waals surface area contributed by atoms with Crippen molar-refractivity contribution in [2.45, 2.75) is 26.4 Å². The number of anilines is 1. The Morgan fingerprint density at radius 1 is 1.39 bits per heavy atom. The van der Waals surface area contributed by atoms with Crippen molar-refractivity contribution in [3.63, 3.8) is 0 Å². The Morgan fingerprint density at radius 2 is 2.17 bits per heavy atom. The highest BCUT2D eigenvalue weighted by molar-refractivity contribution is 5.41. The smallest absolute Gasteiger partial charge is 0.133 e. The van der Waals surface area contributed by atoms with Gasteiger partial charge in [0.05, 0.1) is 5.69 Å². The van der Waals surface area contributed by atoms with E-state index >= 15 is 0 Å². The Bertz CT molecular complexity index is 521. The molecule has 96 valence electrons. The van der Waals surface area contributed by atoms with Gasteiger partial charge in [-0.2, -0.15) is 0 Å². The van der Waals surface area contributed by atoms with Gasteiger partial charge in [0.2, 0.25) is 0 Å². The van der Waals surface area contributed by atoms with Gasteiger partial charge in [0.15, 0.2) is 0 Å². The molecule has 0 saturated carbocycles. The third kappa shape index (κ3) is 2.90. The summed E-state index contributed by atoms with van der Waals surface area (Å²) in [6.45, 7) is 4.81. The molecular formula is C14H19N3O. The second kappa shape index (κ2) is 5.23. The zero-order valence-electron chi connectivity index (χ0n) is 11.1. The van der Waals surface area contributed by atoms with E-state index < -0.39 is 0 Å². The van der Waals surface area contributed by atoms with Gasteiger partial charge in [-0.05, 0) is 38.6 Å². The second-order valence-corrected chi connectivity index (χ2v) is 4.69. The van der Waals surface area contributed by atoms with Gasteiger partial charge < -0.3 is 10.3 Å². The topological polar surface area (TPSA) is 55.3 Å². The lowest BCUT2D eigenvalue weighted by atomic mass is 10.1. The molecule has 0 spiro atoms. The van der Waals surface area contributed by atoms with E-state index in [2.05, 4.69) is 30.1 Å². The number of nitrogens with two attached hydrogens (primary N) is 1. The molecule has 1 aromatic heterocycles. The lowest BCUT2D eigenvalue weighted by Crippen LogP contribution is -2.22. The minimum Gasteiger partial charge on any atom is -0.399 e. The minimum absolute atomic E-state index is 0.283. The van der Waals surface area contributed by atoms with Crippen molar-refractivity contribution in [2.24, 2.45) is 0 Å². The molecule has 1 aromatic carbocycles. The van der Waals surface area contributed by atoms with Gasteiger partial charge in [-0.1, -0.05) is 17.3 Å². The molecule has 0 aliphatic carbocycles. The van der Waals surface area contributed by atoms with Crippen molar-refractivity contribution < 1.29 is 4.52 Å². The number of benzene rings is 1. The summed E-state index contributed by atoms with van der Waals surface area (Å²) in [5.41, 5.74) is 8.76. The summed E-state index contributed by atoms with van der Waals surface area (Å²) in [5, 5.41) is 4.01. The normalized spacial score (nSPS) is 12.9. The van der Waals surface area contributed by atoms with Gasteiger partial charge >= 0.3 is 0 Å². The highest BCUT2D eigenvalue weighted by Gasteiger charge is 2.13. The number of rotatable bonds is 4. The molecule has 2 aromatic rings. The van der Waals surface area contributed by atoms with Crippen LogP contribution in [-0.4, -0.2) is 17.1 Å². The van der Waals surface area contributed by atoms with Gasteiger partial charge in [0.25, 0.3) is 0 Å². The van der Waals surface area contributed by atoms with Crippen LogP contribution >= 0.6 is 0 Å². The molecule has 1 atom stereocenters. The van der Waals surface area contributed by atoms with Crippen LogP contribution in [0.5, 0.6) is 0 Å². The van der Waals surface area contributed by atoms with E-state index in [4.69, 9.17) is 10.3 Å². The number of nitrogens with zero attached hydrogens (tertiary/aromatic N) is 2. The minimum atomic E-state index is 0.283. The summed E-state index contributed by atoms with van der Waals surface area (Å²) in [5.74, 6) is 0.843. The Morgan fingerprint density at radius 3 is 2.78 bits per heavy atom. The lowest BCUT2D eigenvalue weighted by Gasteiger charge is -2.24. The summed E-state index contributed by atoms with van der Waals surface area (Å²) in [6, 6.07) is 10.2. The zero-order valence-corrected chi connectivity index (χ0v) is 11.1. The van der Waals surface area contributed by atoms with E-state index in [1.165, 1.54) is 5.56 Å². The fourth-order valence-corrected chi connectivity index (χ4v) is 1.96. The number of aryl methyl sites for hydroxylation is 1. The van der Waals surface area contributed by atoms with Crippen LogP contribution in [0.2, 0.25) is 0 Å². The Hall–Kier alpha value is -1.81. The SMILES string of the molecule is Cc1cc(CN(C)C(C)c2cccc(N)c2)no1. The molecule has 18 heavy (non-hydrogen) atoms. The summed E-state index contributed by atoms with van der Waals surface area (Å²) >= 11 is 0. The highest BCUT2D eigenvalue weighted by atomic mass is 16.5. The van der Waals surface area contributed by atoms with Crippen molar-refractivity contribution in [1.82, 2.24) is 10.1 Å². The number of hydrogen-bond acceptors (Lipinski definition) is 4. The Labute approximate surface area is 107 Å². The molecule has 0 amide bonds. The molecule has 2 N–H and O–H groups in total. The van der Waals surface area contributed by atoms with E-state index in [-0.39, 0.29) is 6.04 Å². The molecule has 2 rings (SSSR count). The molecule has 0 radical (unpaired) electrons. The van der Waals surface area contributed by atoms with E-state index in [1.807, 2.05) is 31.2 Å². The fraction of sp³-hybridized carbons (Fsp3) is 0.357. The zero-order chi connectivity index (χ0) is 13.1. The molecule has 1 heterocycles. The summed E-state index contributed by atoms with van der Waals surface area (Å²) in [7, 11) is 2.07. The van der Waals surface area contributed by atoms with Crippen LogP contribution < -0.4 is 5.73 Å². The lowest BCUT2D eigenvalue weighted by molar-refractivity contribution is 0.244. The largest absolute Gasteiger partial charge is 0.399 e. The molecule has 0 saturated heterocycles. The molecule has 0 aliphatic rings. The van der Waals surface area contributed by atoms with Gasteiger partial charge in [-0.25, -0.2) is 0 Å². The van der Waals surface area contributed by atoms with Crippen molar-refractivity contribution in [3.8, 4) is 0 Å². The Kier molecular flexibility index (Phi) is 3.67. The van der Waals surface area contributed by atoms with E-state index in [0.717, 1.165) is 23.7 Å². The Balaban J connectivity index is 2.06. The van der Waals surface area contributed by atoms with Crippen molar-refractivity contribution in [3.05, 3.63) is 47.3 Å². The summed E-state index contributed by atoms with van der Waals surface area (Å²) in [4.78, 5) is 2.21. The van der Waals surface area contributed by atoms with Crippen LogP contribution in [0.1, 0.15) is 30.0 Å². The van der Waals surface area contributed by atoms with Crippen LogP contribution in [0.3, 0.4) is 0 Å². The number of nitrogen functional groups attached to an aromatic ring is 1. The van der Waals surface area contributed by atoms with Crippen LogP contribution in [0.25, 0.3) is 0 Å². The van der Waals surface area contributed by atoms with Crippen molar-refractivity contribution >= 4 is 5.69 Å². The average Bonchev–Trinajstić information content (AvgIpc) is 2.73. The van der Waals surface area contributed by atoms with Crippen LogP contribution in [0.15, 0.2) is 34.9 Å². The van der Waals surface area contributed by atoms with E-state index in [9.17, 15) is 0 Å². The third-order valence-corrected chi connectivity index (χ3v) is 3.14. The van der Waals surface area contributed by atoms with Gasteiger partial charge in [-0.3, -0.25) is 4.90 Å². The molecule has 4 nitrogen and oxygen atoms in total. The molecule has 4 heteroatoms. The molecule has 0 fully saturated rings. The van der Waals surface area contributed by atoms with Crippen molar-refractivity contribution in [1.29, 1.82) is 0 Å². The first-order chi connectivity index (χ1) is 8.56. The van der Waals surface area contributed by atoms with Crippen molar-refractivity contribution in [2.75, 3.05) is 12.8 Å². The van der Waals surface area contributed by atoms with Crippen LogP contribution in [0.4, 0.5) is 5.69 Å². The molecule has 0 aliphatic heterocycles. The molecule has 0 bridgehead atoms. The predicted molar refractivity (Wildman–Crippen MR) is 72.0 cm³/mol. The van der Waals surface area contributed by atoms with Gasteiger partial charge in [0, 0.05) is 24.3 Å². The quantitative estimate of drug-likeness (QED) is 0.841. The monoisotopic (exact) mass is 245 g/mol. The third-order valence-electron chi connectivity index (χ3n) is 3.14. The first-order valence-electron chi connectivity index (χ1n) is 6.04. The molecular weight excluding hydrogens is 226 g/mol. The highest BCUT2D eigenvalue weighted by Crippen LogP contribution is 2.22. The fourth-order valence-electron chi connectivity index (χ4n) is 1.96. The first kappa shape index (κ1) is 12.6. The summed E-state index contributed by atoms with van der Waals surface area (Å²) in [6.07, 6.45) is 0. The number of aromatic nitrogens is 1. The maximum absolute atomic E-state index is 5.81. The average molecular weight is 245 g/mol. The van der Waals surface area contributed by atoms with Gasteiger partial charge in [-0.15, -0.1) is 0 Å². The van der Waals surface area contributed by atoms with Crippen LogP contribution in [0, 0.1) is 6.92 Å². The van der Waals surface area contributed by atoms with E-state index in [1.54, 1.807) is 0 Å². The van der Waals surface area contributed by atoms with Gasteiger partial charge in [0.1, 0.15) is 5.76 Å². The second-order valence-electron chi connectivity index (χ2n) is 4.69. The maximum atomic E-state index is 5.81. The number of hydrogen-bond donors (Lipinski definition) is 1. The summed E-state index contributed by atoms with van der Waals surface area (Å²) < 4.78 is 5.07. The first-order valence-corrected chi connectivity index (χ1v) is 6.04. The standard InChI is InChI=1S/C14H19N3O/c1-10-7-14(16-18-10)9-17(3)11(2)12-5-4-6-13(15)8-12/h4-8,11H,9,15H2,1-3H3.